The van der Waals surface area contributed by atoms with E-state index in [9.17, 15) is 4.79 Å². The van der Waals surface area contributed by atoms with Gasteiger partial charge in [-0.3, -0.25) is 9.78 Å². The molecule has 0 aliphatic heterocycles. The third kappa shape index (κ3) is 5.95. The maximum atomic E-state index is 13.5. The Labute approximate surface area is 187 Å². The Kier molecular flexibility index (Phi) is 7.87. The number of unbranched alkanes of at least 4 members (excludes halogenated alkanes) is 1. The molecule has 0 saturated heterocycles. The van der Waals surface area contributed by atoms with E-state index in [0.29, 0.717) is 12.5 Å². The largest absolute Gasteiger partial charge is 0.326 e. The molecule has 164 valence electrons. The fourth-order valence-electron chi connectivity index (χ4n) is 3.80. The van der Waals surface area contributed by atoms with Crippen molar-refractivity contribution in [3.8, 4) is 11.8 Å². The number of hydrogen-bond acceptors (Lipinski definition) is 3. The minimum absolute atomic E-state index is 0.0255. The molecule has 0 unspecified atom stereocenters. The molecule has 0 bridgehead atoms. The molecular formula is C27H35N3O. The van der Waals surface area contributed by atoms with Crippen LogP contribution in [0.4, 0.5) is 5.69 Å². The molecule has 2 N–H and O–H groups in total. The Morgan fingerprint density at radius 2 is 1.97 bits per heavy atom. The van der Waals surface area contributed by atoms with Crippen molar-refractivity contribution in [2.45, 2.75) is 65.3 Å². The fourth-order valence-corrected chi connectivity index (χ4v) is 3.80. The van der Waals surface area contributed by atoms with Crippen LogP contribution in [-0.4, -0.2) is 23.5 Å². The first-order valence-corrected chi connectivity index (χ1v) is 11.5. The van der Waals surface area contributed by atoms with Gasteiger partial charge in [-0.25, -0.2) is 0 Å². The highest BCUT2D eigenvalue weighted by Gasteiger charge is 2.47. The lowest BCUT2D eigenvalue weighted by atomic mass is 9.99. The van der Waals surface area contributed by atoms with Gasteiger partial charge >= 0.3 is 0 Å². The van der Waals surface area contributed by atoms with Crippen molar-refractivity contribution in [3.63, 3.8) is 0 Å². The molecule has 1 aromatic carbocycles. The van der Waals surface area contributed by atoms with Crippen LogP contribution in [0.1, 0.15) is 69.3 Å². The number of nitrogens with two attached hydrogens (primary N) is 1. The number of nitrogens with zero attached hydrogens (tertiary/aromatic N) is 2. The quantitative estimate of drug-likeness (QED) is 0.611. The minimum Gasteiger partial charge on any atom is -0.326 e. The molecule has 3 rings (SSSR count). The van der Waals surface area contributed by atoms with Gasteiger partial charge in [0.05, 0.1) is 0 Å². The van der Waals surface area contributed by atoms with E-state index < -0.39 is 0 Å². The number of anilines is 1. The van der Waals surface area contributed by atoms with Gasteiger partial charge in [-0.05, 0) is 62.1 Å². The monoisotopic (exact) mass is 417 g/mol. The van der Waals surface area contributed by atoms with Crippen molar-refractivity contribution < 1.29 is 4.79 Å². The summed E-state index contributed by atoms with van der Waals surface area (Å²) in [4.78, 5) is 20.1. The van der Waals surface area contributed by atoms with Crippen LogP contribution in [0.2, 0.25) is 0 Å². The van der Waals surface area contributed by atoms with Gasteiger partial charge in [-0.2, -0.15) is 0 Å². The lowest BCUT2D eigenvalue weighted by Gasteiger charge is -2.29. The number of amides is 1. The molecular weight excluding hydrogens is 382 g/mol. The molecule has 1 aliphatic rings. The predicted molar refractivity (Wildman–Crippen MR) is 128 cm³/mol. The maximum Gasteiger partial charge on any atom is 0.230 e. The van der Waals surface area contributed by atoms with Crippen LogP contribution in [0.5, 0.6) is 0 Å². The second-order valence-electron chi connectivity index (χ2n) is 8.75. The molecule has 4 nitrogen and oxygen atoms in total. The van der Waals surface area contributed by atoms with Crippen LogP contribution in [0.25, 0.3) is 0 Å². The van der Waals surface area contributed by atoms with Gasteiger partial charge in [0, 0.05) is 53.5 Å². The van der Waals surface area contributed by atoms with Gasteiger partial charge in [-0.15, -0.1) is 0 Å². The van der Waals surface area contributed by atoms with Gasteiger partial charge in [0.15, 0.2) is 0 Å². The standard InChI is InChI=1S/C27H35N3O/c1-5-7-8-11-21-13-15-22(16-14-21)30(18-25(28)19(3)6-2)27(31)24-17-23(24)26-12-9-10-20(4)29-26/h9-10,12-16,19,23-25H,5-7,17-18,28H2,1-4H3/t19-,23+,24+,25+/m0/s1. The average Bonchev–Trinajstić information content (AvgIpc) is 3.58. The molecule has 1 aromatic heterocycles. The number of aryl methyl sites for hydroxylation is 1. The van der Waals surface area contributed by atoms with Crippen molar-refractivity contribution >= 4 is 11.6 Å². The average molecular weight is 418 g/mol. The van der Waals surface area contributed by atoms with Crippen molar-refractivity contribution in [2.75, 3.05) is 11.4 Å². The van der Waals surface area contributed by atoms with E-state index in [4.69, 9.17) is 5.73 Å². The van der Waals surface area contributed by atoms with Crippen molar-refractivity contribution in [1.29, 1.82) is 0 Å². The Balaban J connectivity index is 1.80. The first kappa shape index (κ1) is 23.0. The topological polar surface area (TPSA) is 59.2 Å². The van der Waals surface area contributed by atoms with Crippen molar-refractivity contribution in [3.05, 3.63) is 59.4 Å². The van der Waals surface area contributed by atoms with E-state index in [2.05, 4.69) is 37.6 Å². The second kappa shape index (κ2) is 10.6. The second-order valence-corrected chi connectivity index (χ2v) is 8.75. The molecule has 31 heavy (non-hydrogen) atoms. The maximum absolute atomic E-state index is 13.5. The number of benzene rings is 1. The summed E-state index contributed by atoms with van der Waals surface area (Å²) in [6.45, 7) is 8.93. The van der Waals surface area contributed by atoms with Gasteiger partial charge in [0.25, 0.3) is 0 Å². The molecule has 2 aromatic rings. The predicted octanol–water partition coefficient (Wildman–Crippen LogP) is 5.05. The van der Waals surface area contributed by atoms with Gasteiger partial charge < -0.3 is 10.6 Å². The summed E-state index contributed by atoms with van der Waals surface area (Å²) in [5.74, 6) is 7.05. The molecule has 0 radical (unpaired) electrons. The first-order valence-electron chi connectivity index (χ1n) is 11.5. The molecule has 4 atom stereocenters. The summed E-state index contributed by atoms with van der Waals surface area (Å²) in [6.07, 6.45) is 3.80. The third-order valence-electron chi connectivity index (χ3n) is 6.22. The highest BCUT2D eigenvalue weighted by molar-refractivity contribution is 5.97. The number of aromatic nitrogens is 1. The summed E-state index contributed by atoms with van der Waals surface area (Å²) in [5.41, 5.74) is 10.4. The van der Waals surface area contributed by atoms with Gasteiger partial charge in [0.2, 0.25) is 5.91 Å². The van der Waals surface area contributed by atoms with Gasteiger partial charge in [-0.1, -0.05) is 45.1 Å². The van der Waals surface area contributed by atoms with Crippen LogP contribution in [0.3, 0.4) is 0 Å². The fraction of sp³-hybridized carbons (Fsp3) is 0.481. The first-order chi connectivity index (χ1) is 14.9. The summed E-state index contributed by atoms with van der Waals surface area (Å²) < 4.78 is 0. The van der Waals surface area contributed by atoms with E-state index in [1.165, 1.54) is 0 Å². The number of hydrogen-bond donors (Lipinski definition) is 1. The zero-order chi connectivity index (χ0) is 22.4. The number of pyridine rings is 1. The highest BCUT2D eigenvalue weighted by Crippen LogP contribution is 2.48. The number of carbonyl (C=O) groups is 1. The molecule has 1 saturated carbocycles. The zero-order valence-corrected chi connectivity index (χ0v) is 19.3. The Morgan fingerprint density at radius 3 is 2.61 bits per heavy atom. The number of carbonyl (C=O) groups excluding carboxylic acids is 1. The Bertz CT molecular complexity index is 941. The lowest BCUT2D eigenvalue weighted by Crippen LogP contribution is -2.45. The van der Waals surface area contributed by atoms with Crippen LogP contribution >= 0.6 is 0 Å². The van der Waals surface area contributed by atoms with Crippen molar-refractivity contribution in [1.82, 2.24) is 4.98 Å². The molecule has 1 heterocycles. The summed E-state index contributed by atoms with van der Waals surface area (Å²) in [6, 6.07) is 14.0. The van der Waals surface area contributed by atoms with E-state index in [1.807, 2.05) is 54.3 Å². The van der Waals surface area contributed by atoms with Gasteiger partial charge in [0.1, 0.15) is 0 Å². The zero-order valence-electron chi connectivity index (χ0n) is 19.3. The lowest BCUT2D eigenvalue weighted by molar-refractivity contribution is -0.120. The SMILES string of the molecule is CCCC#Cc1ccc(N(C[C@@H](N)[C@@H](C)CC)C(=O)[C@@H]2C[C@H]2c2cccc(C)n2)cc1. The Morgan fingerprint density at radius 1 is 1.23 bits per heavy atom. The van der Waals surface area contributed by atoms with E-state index in [-0.39, 0.29) is 23.8 Å². The van der Waals surface area contributed by atoms with Crippen molar-refractivity contribution in [2.24, 2.45) is 17.6 Å². The molecule has 1 amide bonds. The summed E-state index contributed by atoms with van der Waals surface area (Å²) in [7, 11) is 0. The Hall–Kier alpha value is -2.64. The van der Waals surface area contributed by atoms with Crippen LogP contribution in [0, 0.1) is 30.6 Å². The molecule has 1 fully saturated rings. The highest BCUT2D eigenvalue weighted by atomic mass is 16.2. The van der Waals surface area contributed by atoms with E-state index in [0.717, 1.165) is 48.3 Å². The summed E-state index contributed by atoms with van der Waals surface area (Å²) in [5, 5.41) is 0. The van der Waals surface area contributed by atoms with Crippen LogP contribution < -0.4 is 10.6 Å². The molecule has 4 heteroatoms. The molecule has 1 aliphatic carbocycles. The minimum atomic E-state index is -0.0627. The number of rotatable bonds is 8. The van der Waals surface area contributed by atoms with Crippen LogP contribution in [-0.2, 0) is 4.79 Å². The smallest absolute Gasteiger partial charge is 0.230 e. The van der Waals surface area contributed by atoms with Crippen LogP contribution in [0.15, 0.2) is 42.5 Å². The third-order valence-corrected chi connectivity index (χ3v) is 6.22. The van der Waals surface area contributed by atoms with E-state index >= 15 is 0 Å². The normalized spacial score (nSPS) is 19.1. The summed E-state index contributed by atoms with van der Waals surface area (Å²) >= 11 is 0. The van der Waals surface area contributed by atoms with E-state index in [1.54, 1.807) is 0 Å². The molecule has 0 spiro atoms.